The summed E-state index contributed by atoms with van der Waals surface area (Å²) in [5.41, 5.74) is -4.01. The standard InChI is InChI=1S/C17H14F3N3O4/c1-15-5-9(24)16(2,27-15)11-10(15)13(25)23(14(11)26)7-4-8(17(18,19)20)12(21-3)22-6-7/h4,6,9-11,24H,5H2,1-2H3/t9-,10+,11-,15?,16?/m0/s1. The number of hydrogen-bond acceptors (Lipinski definition) is 5. The first kappa shape index (κ1) is 17.9. The van der Waals surface area contributed by atoms with Crippen molar-refractivity contribution in [2.75, 3.05) is 4.90 Å². The van der Waals surface area contributed by atoms with E-state index in [1.807, 2.05) is 0 Å². The number of alkyl halides is 3. The van der Waals surface area contributed by atoms with Gasteiger partial charge in [0.05, 0.1) is 34.8 Å². The van der Waals surface area contributed by atoms with Crippen molar-refractivity contribution in [3.05, 3.63) is 29.2 Å². The molecule has 3 aliphatic rings. The number of carbonyl (C=O) groups is 2. The van der Waals surface area contributed by atoms with Gasteiger partial charge in [-0.2, -0.15) is 13.2 Å². The van der Waals surface area contributed by atoms with Crippen LogP contribution in [0, 0.1) is 18.4 Å². The largest absolute Gasteiger partial charge is 0.409 e. The highest BCUT2D eigenvalue weighted by molar-refractivity contribution is 6.23. The Bertz CT molecular complexity index is 927. The number of ether oxygens (including phenoxy) is 1. The first-order valence-corrected chi connectivity index (χ1v) is 8.15. The van der Waals surface area contributed by atoms with Crippen LogP contribution in [0.4, 0.5) is 24.7 Å². The molecule has 4 rings (SSSR count). The topological polar surface area (TPSA) is 84.1 Å². The van der Waals surface area contributed by atoms with Gasteiger partial charge < -0.3 is 14.7 Å². The van der Waals surface area contributed by atoms with Crippen molar-refractivity contribution >= 4 is 23.3 Å². The molecule has 5 atom stereocenters. The number of nitrogens with zero attached hydrogens (tertiary/aromatic N) is 3. The summed E-state index contributed by atoms with van der Waals surface area (Å²) >= 11 is 0. The van der Waals surface area contributed by atoms with Gasteiger partial charge in [0.2, 0.25) is 11.8 Å². The lowest BCUT2D eigenvalue weighted by atomic mass is 9.67. The second kappa shape index (κ2) is 5.05. The smallest absolute Gasteiger partial charge is 0.390 e. The number of aliphatic hydroxyl groups excluding tert-OH is 1. The number of halogens is 3. The van der Waals surface area contributed by atoms with Gasteiger partial charge in [0.25, 0.3) is 5.82 Å². The molecule has 0 aliphatic carbocycles. The van der Waals surface area contributed by atoms with Gasteiger partial charge >= 0.3 is 6.18 Å². The summed E-state index contributed by atoms with van der Waals surface area (Å²) in [6, 6.07) is 0.584. The average Bonchev–Trinajstić information content (AvgIpc) is 3.07. The molecule has 0 radical (unpaired) electrons. The Hall–Kier alpha value is -2.51. The fourth-order valence-electron chi connectivity index (χ4n) is 4.64. The first-order valence-electron chi connectivity index (χ1n) is 8.15. The van der Waals surface area contributed by atoms with Crippen molar-refractivity contribution in [1.29, 1.82) is 0 Å². The molecule has 142 valence electrons. The molecule has 7 nitrogen and oxygen atoms in total. The maximum atomic E-state index is 13.2. The van der Waals surface area contributed by atoms with E-state index in [4.69, 9.17) is 11.3 Å². The molecule has 1 aromatic heterocycles. The molecule has 27 heavy (non-hydrogen) atoms. The van der Waals surface area contributed by atoms with Crippen LogP contribution in [0.1, 0.15) is 25.8 Å². The molecule has 4 heterocycles. The highest BCUT2D eigenvalue weighted by Gasteiger charge is 2.75. The summed E-state index contributed by atoms with van der Waals surface area (Å²) in [5, 5.41) is 10.3. The maximum absolute atomic E-state index is 13.2. The van der Waals surface area contributed by atoms with Gasteiger partial charge in [-0.3, -0.25) is 9.59 Å². The maximum Gasteiger partial charge on any atom is 0.409 e. The SMILES string of the molecule is [C-]#[N+]c1ncc(N2C(=O)[C@@H]3[C@H](C2=O)C2(C)C[C@H](O)C3(C)O2)cc1C(F)(F)F. The molecular formula is C17H14F3N3O4. The zero-order chi connectivity index (χ0) is 19.9. The van der Waals surface area contributed by atoms with Crippen LogP contribution < -0.4 is 4.90 Å². The molecule has 0 aromatic carbocycles. The summed E-state index contributed by atoms with van der Waals surface area (Å²) < 4.78 is 45.4. The molecule has 3 fully saturated rings. The highest BCUT2D eigenvalue weighted by atomic mass is 19.4. The third-order valence-electron chi connectivity index (χ3n) is 5.82. The average molecular weight is 381 g/mol. The summed E-state index contributed by atoms with van der Waals surface area (Å²) in [4.78, 5) is 32.8. The second-order valence-corrected chi connectivity index (χ2v) is 7.46. The summed E-state index contributed by atoms with van der Waals surface area (Å²) in [7, 11) is 0. The Morgan fingerprint density at radius 1 is 1.33 bits per heavy atom. The summed E-state index contributed by atoms with van der Waals surface area (Å²) in [5.74, 6) is -4.17. The normalized spacial score (nSPS) is 37.7. The van der Waals surface area contributed by atoms with Gasteiger partial charge in [-0.1, -0.05) is 6.57 Å². The molecule has 1 N–H and O–H groups in total. The van der Waals surface area contributed by atoms with E-state index in [1.54, 1.807) is 6.92 Å². The Morgan fingerprint density at radius 2 is 1.96 bits per heavy atom. The number of hydrogen-bond donors (Lipinski definition) is 1. The third kappa shape index (κ3) is 2.12. The van der Waals surface area contributed by atoms with Crippen LogP contribution in [0.3, 0.4) is 0 Å². The van der Waals surface area contributed by atoms with Gasteiger partial charge in [0.15, 0.2) is 0 Å². The van der Waals surface area contributed by atoms with E-state index in [-0.39, 0.29) is 12.1 Å². The van der Waals surface area contributed by atoms with Crippen molar-refractivity contribution in [2.24, 2.45) is 11.8 Å². The number of rotatable bonds is 1. The fourth-order valence-corrected chi connectivity index (χ4v) is 4.64. The zero-order valence-corrected chi connectivity index (χ0v) is 14.2. The number of aromatic nitrogens is 1. The van der Waals surface area contributed by atoms with Crippen molar-refractivity contribution < 1.29 is 32.6 Å². The van der Waals surface area contributed by atoms with Crippen LogP contribution in [-0.2, 0) is 20.5 Å². The van der Waals surface area contributed by atoms with Crippen LogP contribution in [-0.4, -0.2) is 39.2 Å². The zero-order valence-electron chi connectivity index (χ0n) is 14.2. The van der Waals surface area contributed by atoms with Crippen molar-refractivity contribution in [3.63, 3.8) is 0 Å². The van der Waals surface area contributed by atoms with E-state index < -0.39 is 58.5 Å². The molecule has 2 amide bonds. The van der Waals surface area contributed by atoms with E-state index >= 15 is 0 Å². The second-order valence-electron chi connectivity index (χ2n) is 7.46. The Kier molecular flexibility index (Phi) is 3.35. The molecule has 0 spiro atoms. The van der Waals surface area contributed by atoms with E-state index in [0.717, 1.165) is 6.20 Å². The number of amides is 2. The molecule has 2 unspecified atom stereocenters. The van der Waals surface area contributed by atoms with Crippen LogP contribution in [0.5, 0.6) is 0 Å². The van der Waals surface area contributed by atoms with E-state index in [0.29, 0.717) is 11.0 Å². The Labute approximate surface area is 151 Å². The number of imide groups is 1. The van der Waals surface area contributed by atoms with Gasteiger partial charge in [-0.25, -0.2) is 4.90 Å². The lowest BCUT2D eigenvalue weighted by Crippen LogP contribution is -2.49. The van der Waals surface area contributed by atoms with Gasteiger partial charge in [0.1, 0.15) is 11.8 Å². The van der Waals surface area contributed by atoms with Crippen molar-refractivity contribution in [2.45, 2.75) is 43.8 Å². The van der Waals surface area contributed by atoms with Crippen LogP contribution in [0.25, 0.3) is 4.85 Å². The van der Waals surface area contributed by atoms with Gasteiger partial charge in [-0.05, 0) is 19.9 Å². The molecule has 1 aromatic rings. The molecule has 0 saturated carbocycles. The lowest BCUT2D eigenvalue weighted by Gasteiger charge is -2.31. The number of pyridine rings is 1. The monoisotopic (exact) mass is 381 g/mol. The molecular weight excluding hydrogens is 367 g/mol. The minimum atomic E-state index is -4.86. The fraction of sp³-hybridized carbons (Fsp3) is 0.529. The minimum absolute atomic E-state index is 0.153. The van der Waals surface area contributed by atoms with Crippen molar-refractivity contribution in [1.82, 2.24) is 4.98 Å². The predicted molar refractivity (Wildman–Crippen MR) is 83.5 cm³/mol. The summed E-state index contributed by atoms with van der Waals surface area (Å²) in [6.07, 6.45) is -4.77. The number of anilines is 1. The van der Waals surface area contributed by atoms with E-state index in [2.05, 4.69) is 9.83 Å². The van der Waals surface area contributed by atoms with Crippen LogP contribution >= 0.6 is 0 Å². The predicted octanol–water partition coefficient (Wildman–Crippen LogP) is 2.07. The van der Waals surface area contributed by atoms with Crippen molar-refractivity contribution in [3.8, 4) is 0 Å². The van der Waals surface area contributed by atoms with E-state index in [9.17, 15) is 27.9 Å². The number of carbonyl (C=O) groups excluding carboxylic acids is 2. The minimum Gasteiger partial charge on any atom is -0.390 e. The number of fused-ring (bicyclic) bond motifs is 5. The Morgan fingerprint density at radius 3 is 2.56 bits per heavy atom. The van der Waals surface area contributed by atoms with Crippen LogP contribution in [0.15, 0.2) is 12.3 Å². The quantitative estimate of drug-likeness (QED) is 0.595. The van der Waals surface area contributed by atoms with Gasteiger partial charge in [0, 0.05) is 6.42 Å². The third-order valence-corrected chi connectivity index (χ3v) is 5.82. The summed E-state index contributed by atoms with van der Waals surface area (Å²) in [6.45, 7) is 9.98. The lowest BCUT2D eigenvalue weighted by molar-refractivity contribution is -0.137. The van der Waals surface area contributed by atoms with Crippen LogP contribution in [0.2, 0.25) is 0 Å². The Balaban J connectivity index is 1.81. The molecule has 3 saturated heterocycles. The highest BCUT2D eigenvalue weighted by Crippen LogP contribution is 2.61. The first-order chi connectivity index (χ1) is 12.4. The molecule has 10 heteroatoms. The van der Waals surface area contributed by atoms with Gasteiger partial charge in [-0.15, -0.1) is 4.98 Å². The molecule has 3 aliphatic heterocycles. The number of aliphatic hydroxyl groups is 1. The van der Waals surface area contributed by atoms with E-state index in [1.165, 1.54) is 6.92 Å². The molecule has 2 bridgehead atoms.